The summed E-state index contributed by atoms with van der Waals surface area (Å²) < 4.78 is 0. The molecule has 0 saturated carbocycles. The van der Waals surface area contributed by atoms with Gasteiger partial charge in [0.05, 0.1) is 5.52 Å². The van der Waals surface area contributed by atoms with Crippen LogP contribution in [0.5, 0.6) is 0 Å². The molecule has 2 rings (SSSR count). The number of nitrogens with one attached hydrogen (secondary N) is 1. The van der Waals surface area contributed by atoms with Gasteiger partial charge in [-0.05, 0) is 29.7 Å². The molecule has 2 aromatic rings. The number of fused-ring (bicyclic) bond motifs is 1. The fourth-order valence-corrected chi connectivity index (χ4v) is 1.92. The Morgan fingerprint density at radius 3 is 2.61 bits per heavy atom. The van der Waals surface area contributed by atoms with Gasteiger partial charge in [-0.1, -0.05) is 19.9 Å². The van der Waals surface area contributed by atoms with Gasteiger partial charge >= 0.3 is 5.97 Å². The molecule has 4 heteroatoms. The first-order valence-electron chi connectivity index (χ1n) is 5.88. The first kappa shape index (κ1) is 12.4. The molecule has 0 spiro atoms. The van der Waals surface area contributed by atoms with Crippen LogP contribution in [0.1, 0.15) is 35.8 Å². The molecule has 18 heavy (non-hydrogen) atoms. The Labute approximate surface area is 106 Å². The maximum Gasteiger partial charge on any atom is 0.354 e. The van der Waals surface area contributed by atoms with E-state index in [4.69, 9.17) is 5.11 Å². The summed E-state index contributed by atoms with van der Waals surface area (Å²) in [6, 6.07) is 7.49. The predicted molar refractivity (Wildman–Crippen MR) is 72.3 cm³/mol. The number of carbonyl (C=O) groups is 1. The fraction of sp³-hybridized carbons (Fsp3) is 0.286. The van der Waals surface area contributed by atoms with Crippen molar-refractivity contribution in [3.63, 3.8) is 0 Å². The van der Waals surface area contributed by atoms with Gasteiger partial charge in [0.25, 0.3) is 0 Å². The normalized spacial score (nSPS) is 10.9. The van der Waals surface area contributed by atoms with Crippen molar-refractivity contribution in [2.24, 2.45) is 0 Å². The van der Waals surface area contributed by atoms with Crippen LogP contribution in [0, 0.1) is 0 Å². The lowest BCUT2D eigenvalue weighted by atomic mass is 10.0. The second kappa shape index (κ2) is 4.64. The van der Waals surface area contributed by atoms with Gasteiger partial charge in [0.15, 0.2) is 5.69 Å². The lowest BCUT2D eigenvalue weighted by molar-refractivity contribution is 0.0691. The van der Waals surface area contributed by atoms with Gasteiger partial charge in [0, 0.05) is 18.1 Å². The van der Waals surface area contributed by atoms with E-state index in [-0.39, 0.29) is 5.69 Å². The Morgan fingerprint density at radius 2 is 2.06 bits per heavy atom. The molecule has 0 aliphatic rings. The van der Waals surface area contributed by atoms with Crippen LogP contribution < -0.4 is 5.32 Å². The molecule has 0 amide bonds. The molecule has 2 N–H and O–H groups in total. The van der Waals surface area contributed by atoms with E-state index in [0.717, 1.165) is 11.1 Å². The van der Waals surface area contributed by atoms with Gasteiger partial charge < -0.3 is 10.4 Å². The third-order valence-corrected chi connectivity index (χ3v) is 2.99. The van der Waals surface area contributed by atoms with Crippen molar-refractivity contribution in [1.82, 2.24) is 4.98 Å². The zero-order chi connectivity index (χ0) is 13.3. The summed E-state index contributed by atoms with van der Waals surface area (Å²) in [7, 11) is 1.78. The van der Waals surface area contributed by atoms with Crippen LogP contribution >= 0.6 is 0 Å². The van der Waals surface area contributed by atoms with E-state index in [2.05, 4.69) is 30.2 Å². The van der Waals surface area contributed by atoms with Crippen LogP contribution in [0.3, 0.4) is 0 Å². The van der Waals surface area contributed by atoms with Crippen LogP contribution in [0.2, 0.25) is 0 Å². The van der Waals surface area contributed by atoms with E-state index >= 15 is 0 Å². The lowest BCUT2D eigenvalue weighted by Gasteiger charge is -2.11. The molecule has 94 valence electrons. The summed E-state index contributed by atoms with van der Waals surface area (Å²) in [4.78, 5) is 15.1. The van der Waals surface area contributed by atoms with Gasteiger partial charge in [-0.15, -0.1) is 0 Å². The average molecular weight is 244 g/mol. The predicted octanol–water partition coefficient (Wildman–Crippen LogP) is 3.10. The Morgan fingerprint density at radius 1 is 1.33 bits per heavy atom. The summed E-state index contributed by atoms with van der Waals surface area (Å²) in [5.41, 5.74) is 2.76. The summed E-state index contributed by atoms with van der Waals surface area (Å²) in [5, 5.41) is 13.0. The number of anilines is 1. The molecular formula is C14H16N2O2. The Hall–Kier alpha value is -2.10. The van der Waals surface area contributed by atoms with Crippen LogP contribution in [-0.2, 0) is 0 Å². The number of carboxylic acids is 1. The van der Waals surface area contributed by atoms with Crippen molar-refractivity contribution >= 4 is 22.6 Å². The molecule has 0 aliphatic heterocycles. The van der Waals surface area contributed by atoms with Gasteiger partial charge in [-0.25, -0.2) is 9.78 Å². The zero-order valence-corrected chi connectivity index (χ0v) is 10.7. The average Bonchev–Trinajstić information content (AvgIpc) is 2.36. The topological polar surface area (TPSA) is 62.2 Å². The van der Waals surface area contributed by atoms with E-state index in [1.165, 1.54) is 5.56 Å². The standard InChI is InChI=1S/C14H16N2O2/c1-8(2)9-4-5-11-10(6-9)12(15-3)7-13(16-11)14(17)18/h4-8H,1-3H3,(H,15,16)(H,17,18). The second-order valence-corrected chi connectivity index (χ2v) is 4.54. The third-order valence-electron chi connectivity index (χ3n) is 2.99. The molecule has 4 nitrogen and oxygen atoms in total. The summed E-state index contributed by atoms with van der Waals surface area (Å²) >= 11 is 0. The summed E-state index contributed by atoms with van der Waals surface area (Å²) in [6.07, 6.45) is 0. The van der Waals surface area contributed by atoms with E-state index in [9.17, 15) is 4.79 Å². The number of aromatic carboxylic acids is 1. The Bertz CT molecular complexity index is 606. The van der Waals surface area contributed by atoms with E-state index in [0.29, 0.717) is 11.4 Å². The molecule has 1 aromatic carbocycles. The van der Waals surface area contributed by atoms with Gasteiger partial charge in [0.1, 0.15) is 0 Å². The van der Waals surface area contributed by atoms with Crippen molar-refractivity contribution in [1.29, 1.82) is 0 Å². The Kier molecular flexibility index (Phi) is 3.19. The highest BCUT2D eigenvalue weighted by Gasteiger charge is 2.11. The smallest absolute Gasteiger partial charge is 0.354 e. The van der Waals surface area contributed by atoms with Crippen LogP contribution in [0.25, 0.3) is 10.9 Å². The number of aromatic nitrogens is 1. The first-order valence-corrected chi connectivity index (χ1v) is 5.88. The van der Waals surface area contributed by atoms with Crippen LogP contribution in [0.4, 0.5) is 5.69 Å². The van der Waals surface area contributed by atoms with Crippen molar-refractivity contribution in [2.75, 3.05) is 12.4 Å². The minimum absolute atomic E-state index is 0.0594. The second-order valence-electron chi connectivity index (χ2n) is 4.54. The molecule has 0 unspecified atom stereocenters. The Balaban J connectivity index is 2.71. The molecule has 0 atom stereocenters. The quantitative estimate of drug-likeness (QED) is 0.870. The number of rotatable bonds is 3. The molecule has 0 fully saturated rings. The molecule has 0 aliphatic carbocycles. The van der Waals surface area contributed by atoms with Crippen molar-refractivity contribution < 1.29 is 9.90 Å². The third kappa shape index (κ3) is 2.14. The monoisotopic (exact) mass is 244 g/mol. The number of hydrogen-bond acceptors (Lipinski definition) is 3. The van der Waals surface area contributed by atoms with Gasteiger partial charge in [-0.3, -0.25) is 0 Å². The van der Waals surface area contributed by atoms with Crippen LogP contribution in [0.15, 0.2) is 24.3 Å². The molecule has 0 saturated heterocycles. The van der Waals surface area contributed by atoms with Crippen molar-refractivity contribution in [2.45, 2.75) is 19.8 Å². The molecule has 0 radical (unpaired) electrons. The maximum atomic E-state index is 11.0. The maximum absolute atomic E-state index is 11.0. The van der Waals surface area contributed by atoms with E-state index < -0.39 is 5.97 Å². The highest BCUT2D eigenvalue weighted by Crippen LogP contribution is 2.26. The zero-order valence-electron chi connectivity index (χ0n) is 10.7. The molecule has 1 aromatic heterocycles. The number of hydrogen-bond donors (Lipinski definition) is 2. The highest BCUT2D eigenvalue weighted by molar-refractivity contribution is 5.97. The van der Waals surface area contributed by atoms with Crippen molar-refractivity contribution in [3.8, 4) is 0 Å². The van der Waals surface area contributed by atoms with Gasteiger partial charge in [-0.2, -0.15) is 0 Å². The van der Waals surface area contributed by atoms with Crippen LogP contribution in [-0.4, -0.2) is 23.1 Å². The number of pyridine rings is 1. The number of nitrogens with zero attached hydrogens (tertiary/aromatic N) is 1. The first-order chi connectivity index (χ1) is 8.52. The lowest BCUT2D eigenvalue weighted by Crippen LogP contribution is -2.03. The summed E-state index contributed by atoms with van der Waals surface area (Å²) in [5.74, 6) is -0.584. The van der Waals surface area contributed by atoms with E-state index in [1.807, 2.05) is 12.1 Å². The number of benzene rings is 1. The highest BCUT2D eigenvalue weighted by atomic mass is 16.4. The minimum atomic E-state index is -1.01. The fourth-order valence-electron chi connectivity index (χ4n) is 1.92. The van der Waals surface area contributed by atoms with Gasteiger partial charge in [0.2, 0.25) is 0 Å². The van der Waals surface area contributed by atoms with Crippen molar-refractivity contribution in [3.05, 3.63) is 35.5 Å². The molecule has 0 bridgehead atoms. The molecular weight excluding hydrogens is 228 g/mol. The largest absolute Gasteiger partial charge is 0.477 e. The molecule has 1 heterocycles. The summed E-state index contributed by atoms with van der Waals surface area (Å²) in [6.45, 7) is 4.25. The van der Waals surface area contributed by atoms with E-state index in [1.54, 1.807) is 13.1 Å². The SMILES string of the molecule is CNc1cc(C(=O)O)nc2ccc(C(C)C)cc12. The number of carboxylic acid groups (broad SMARTS) is 1. The minimum Gasteiger partial charge on any atom is -0.477 e.